The summed E-state index contributed by atoms with van der Waals surface area (Å²) >= 11 is 0. The molecule has 0 radical (unpaired) electrons. The molecule has 0 N–H and O–H groups in total. The molecule has 0 saturated heterocycles. The van der Waals surface area contributed by atoms with Crippen molar-refractivity contribution in [1.29, 1.82) is 0 Å². The van der Waals surface area contributed by atoms with Crippen LogP contribution in [0.1, 0.15) is 23.6 Å². The fourth-order valence-electron chi connectivity index (χ4n) is 3.23. The molecule has 4 rings (SSSR count). The van der Waals surface area contributed by atoms with Crippen molar-refractivity contribution in [3.63, 3.8) is 0 Å². The third-order valence-electron chi connectivity index (χ3n) is 4.99. The Kier molecular flexibility index (Phi) is 7.52. The summed E-state index contributed by atoms with van der Waals surface area (Å²) in [6, 6.07) is 6.52. The Hall–Kier alpha value is -4.59. The molecule has 194 valence electrons. The van der Waals surface area contributed by atoms with Gasteiger partial charge in [-0.3, -0.25) is 0 Å². The van der Waals surface area contributed by atoms with Gasteiger partial charge in [-0.2, -0.15) is 8.78 Å². The molecule has 11 heteroatoms. The van der Waals surface area contributed by atoms with Crippen molar-refractivity contribution in [1.82, 2.24) is 9.97 Å². The van der Waals surface area contributed by atoms with Gasteiger partial charge in [-0.15, -0.1) is 0 Å². The number of benzene rings is 3. The molecular weight excluding hydrogens is 517 g/mol. The standard InChI is InChI=1S/C27H15F7N2O2/c1-2-37-19-13-35-26(36-14-19)17-6-8-20(22(29)11-17)27(33,34)38-18-7-5-16(21(28)12-18)4-3-15-9-23(30)25(32)24(31)10-15/h5-14H,2H2,1H3. The predicted molar refractivity (Wildman–Crippen MR) is 122 cm³/mol. The SMILES string of the molecule is CCOc1cnc(-c2ccc(C(F)(F)Oc3ccc(C#Cc4cc(F)c(F)c(F)c4)c(F)c3)c(F)c2)nc1. The van der Waals surface area contributed by atoms with E-state index in [1.54, 1.807) is 6.92 Å². The molecule has 0 unspecified atom stereocenters. The number of hydrogen-bond acceptors (Lipinski definition) is 4. The molecule has 0 saturated carbocycles. The predicted octanol–water partition coefficient (Wildman–Crippen LogP) is 6.77. The van der Waals surface area contributed by atoms with Crippen LogP contribution in [-0.4, -0.2) is 16.6 Å². The van der Waals surface area contributed by atoms with Crippen LogP contribution < -0.4 is 9.47 Å². The normalized spacial score (nSPS) is 11.1. The van der Waals surface area contributed by atoms with E-state index in [4.69, 9.17) is 4.74 Å². The first kappa shape index (κ1) is 26.5. The Morgan fingerprint density at radius 2 is 1.45 bits per heavy atom. The summed E-state index contributed by atoms with van der Waals surface area (Å²) in [6.07, 6.45) is -1.48. The molecule has 1 heterocycles. The highest BCUT2D eigenvalue weighted by atomic mass is 19.3. The monoisotopic (exact) mass is 532 g/mol. The van der Waals surface area contributed by atoms with Crippen LogP contribution in [0, 0.1) is 40.9 Å². The van der Waals surface area contributed by atoms with E-state index in [9.17, 15) is 30.7 Å². The summed E-state index contributed by atoms with van der Waals surface area (Å²) in [6.45, 7) is 2.16. The highest BCUT2D eigenvalue weighted by Crippen LogP contribution is 2.35. The third kappa shape index (κ3) is 5.86. The Bertz CT molecular complexity index is 1520. The van der Waals surface area contributed by atoms with E-state index in [0.29, 0.717) is 30.6 Å². The molecule has 4 nitrogen and oxygen atoms in total. The van der Waals surface area contributed by atoms with E-state index in [1.807, 2.05) is 0 Å². The number of rotatable bonds is 6. The minimum Gasteiger partial charge on any atom is -0.491 e. The lowest BCUT2D eigenvalue weighted by Gasteiger charge is -2.19. The van der Waals surface area contributed by atoms with E-state index >= 15 is 0 Å². The van der Waals surface area contributed by atoms with E-state index in [1.165, 1.54) is 18.5 Å². The molecular formula is C27H15F7N2O2. The molecule has 0 aliphatic rings. The summed E-state index contributed by atoms with van der Waals surface area (Å²) in [5, 5.41) is 0. The van der Waals surface area contributed by atoms with Crippen LogP contribution in [0.25, 0.3) is 11.4 Å². The van der Waals surface area contributed by atoms with Gasteiger partial charge < -0.3 is 9.47 Å². The van der Waals surface area contributed by atoms with Crippen molar-refractivity contribution in [3.8, 4) is 34.7 Å². The largest absolute Gasteiger partial charge is 0.491 e. The maximum atomic E-state index is 14.7. The van der Waals surface area contributed by atoms with Crippen LogP contribution in [-0.2, 0) is 6.11 Å². The van der Waals surface area contributed by atoms with E-state index in [2.05, 4.69) is 26.5 Å². The smallest absolute Gasteiger partial charge is 0.429 e. The Morgan fingerprint density at radius 3 is 2.05 bits per heavy atom. The minimum absolute atomic E-state index is 0.0769. The zero-order chi connectivity index (χ0) is 27.4. The summed E-state index contributed by atoms with van der Waals surface area (Å²) in [5.74, 6) is -2.72. The first-order valence-corrected chi connectivity index (χ1v) is 10.9. The molecule has 3 aromatic carbocycles. The molecule has 0 bridgehead atoms. The lowest BCUT2D eigenvalue weighted by atomic mass is 10.1. The first-order valence-electron chi connectivity index (χ1n) is 10.9. The van der Waals surface area contributed by atoms with Gasteiger partial charge >= 0.3 is 6.11 Å². The average Bonchev–Trinajstić information content (AvgIpc) is 2.87. The Labute approximate surface area is 211 Å². The van der Waals surface area contributed by atoms with E-state index in [0.717, 1.165) is 24.3 Å². The van der Waals surface area contributed by atoms with Gasteiger partial charge in [0.2, 0.25) is 0 Å². The van der Waals surface area contributed by atoms with Gasteiger partial charge in [-0.1, -0.05) is 17.9 Å². The molecule has 1 aromatic heterocycles. The Morgan fingerprint density at radius 1 is 0.763 bits per heavy atom. The lowest BCUT2D eigenvalue weighted by Crippen LogP contribution is -2.23. The van der Waals surface area contributed by atoms with Gasteiger partial charge in [-0.05, 0) is 43.3 Å². The number of nitrogens with zero attached hydrogens (tertiary/aromatic N) is 2. The molecule has 0 fully saturated rings. The number of aromatic nitrogens is 2. The van der Waals surface area contributed by atoms with Gasteiger partial charge in [0.15, 0.2) is 29.0 Å². The van der Waals surface area contributed by atoms with E-state index in [-0.39, 0.29) is 22.5 Å². The highest BCUT2D eigenvalue weighted by Gasteiger charge is 2.38. The second-order valence-electron chi connectivity index (χ2n) is 7.63. The van der Waals surface area contributed by atoms with Gasteiger partial charge in [0.25, 0.3) is 0 Å². The Balaban J connectivity index is 1.52. The van der Waals surface area contributed by atoms with Crippen LogP contribution in [0.3, 0.4) is 0 Å². The topological polar surface area (TPSA) is 44.2 Å². The summed E-state index contributed by atoms with van der Waals surface area (Å²) in [4.78, 5) is 8.01. The zero-order valence-electron chi connectivity index (χ0n) is 19.3. The van der Waals surface area contributed by atoms with Crippen molar-refractivity contribution in [2.24, 2.45) is 0 Å². The van der Waals surface area contributed by atoms with Crippen LogP contribution in [0.4, 0.5) is 30.7 Å². The quantitative estimate of drug-likeness (QED) is 0.156. The number of alkyl halides is 2. The number of hydrogen-bond donors (Lipinski definition) is 0. The third-order valence-corrected chi connectivity index (χ3v) is 4.99. The van der Waals surface area contributed by atoms with Crippen LogP contribution in [0.15, 0.2) is 60.9 Å². The molecule has 0 spiro atoms. The highest BCUT2D eigenvalue weighted by molar-refractivity contribution is 5.56. The fourth-order valence-corrected chi connectivity index (χ4v) is 3.23. The van der Waals surface area contributed by atoms with Crippen molar-refractivity contribution in [3.05, 3.63) is 107 Å². The minimum atomic E-state index is -4.19. The summed E-state index contributed by atoms with van der Waals surface area (Å²) < 4.78 is 108. The van der Waals surface area contributed by atoms with E-state index < -0.39 is 46.5 Å². The van der Waals surface area contributed by atoms with Crippen LogP contribution in [0.5, 0.6) is 11.5 Å². The molecule has 0 atom stereocenters. The molecule has 4 aromatic rings. The second kappa shape index (κ2) is 10.8. The summed E-state index contributed by atoms with van der Waals surface area (Å²) in [7, 11) is 0. The summed E-state index contributed by atoms with van der Waals surface area (Å²) in [5.41, 5.74) is -1.59. The molecule has 0 amide bonds. The van der Waals surface area contributed by atoms with Crippen molar-refractivity contribution < 1.29 is 40.2 Å². The van der Waals surface area contributed by atoms with Gasteiger partial charge in [0, 0.05) is 17.2 Å². The molecule has 38 heavy (non-hydrogen) atoms. The first-order chi connectivity index (χ1) is 18.1. The van der Waals surface area contributed by atoms with Crippen LogP contribution in [0.2, 0.25) is 0 Å². The number of halogens is 7. The van der Waals surface area contributed by atoms with Crippen LogP contribution >= 0.6 is 0 Å². The number of ether oxygens (including phenoxy) is 2. The van der Waals surface area contributed by atoms with Gasteiger partial charge in [-0.25, -0.2) is 31.9 Å². The maximum Gasteiger partial charge on any atom is 0.429 e. The molecule has 0 aliphatic heterocycles. The van der Waals surface area contributed by atoms with Crippen molar-refractivity contribution >= 4 is 0 Å². The fraction of sp³-hybridized carbons (Fsp3) is 0.111. The zero-order valence-corrected chi connectivity index (χ0v) is 19.3. The average molecular weight is 532 g/mol. The molecule has 0 aliphatic carbocycles. The van der Waals surface area contributed by atoms with Gasteiger partial charge in [0.1, 0.15) is 17.4 Å². The lowest BCUT2D eigenvalue weighted by molar-refractivity contribution is -0.187. The second-order valence-corrected chi connectivity index (χ2v) is 7.63. The maximum absolute atomic E-state index is 14.7. The van der Waals surface area contributed by atoms with Crippen molar-refractivity contribution in [2.45, 2.75) is 13.0 Å². The van der Waals surface area contributed by atoms with Gasteiger partial charge in [0.05, 0.1) is 30.1 Å². The van der Waals surface area contributed by atoms with Crippen molar-refractivity contribution in [2.75, 3.05) is 6.61 Å².